The maximum Gasteiger partial charge on any atom is 0.274 e. The van der Waals surface area contributed by atoms with E-state index in [1.807, 2.05) is 19.9 Å². The number of nitrogens with one attached hydrogen (secondary N) is 3. The molecule has 34 heavy (non-hydrogen) atoms. The summed E-state index contributed by atoms with van der Waals surface area (Å²) in [5.74, 6) is 0.847. The molecule has 0 radical (unpaired) electrons. The van der Waals surface area contributed by atoms with Crippen molar-refractivity contribution in [2.75, 3.05) is 24.8 Å². The van der Waals surface area contributed by atoms with Gasteiger partial charge in [0, 0.05) is 38.5 Å². The lowest BCUT2D eigenvalue weighted by Gasteiger charge is -2.37. The molecule has 3 N–H and O–H groups in total. The summed E-state index contributed by atoms with van der Waals surface area (Å²) >= 11 is 0. The number of carbonyl (C=O) groups excluding carboxylic acids is 1. The lowest BCUT2D eigenvalue weighted by Crippen LogP contribution is -2.45. The van der Waals surface area contributed by atoms with E-state index in [-0.39, 0.29) is 29.2 Å². The van der Waals surface area contributed by atoms with Crippen molar-refractivity contribution < 1.29 is 9.53 Å². The van der Waals surface area contributed by atoms with Crippen LogP contribution in [-0.4, -0.2) is 50.9 Å². The molecule has 1 amide bonds. The standard InChI is InChI=1S/C24H33N7O3/c1-15(2)30-11-7-9-18(23(30)33)28-19-12-20(25-4)31-21(29-19)17(14-26-31)22(32)27-16-8-6-10-24(3,13-16)34-5/h7,9,11-12,14-16,25H,6,8,10,13H2,1-5H3,(H,27,32)(H,28,29)/t16-,24-/m1/s1. The van der Waals surface area contributed by atoms with E-state index < -0.39 is 0 Å². The SMILES string of the molecule is CNc1cc(Nc2cccn(C(C)C)c2=O)nc2c(C(=O)N[C@@H]3CCC[C@@](C)(OC)C3)cnn12. The van der Waals surface area contributed by atoms with Crippen molar-refractivity contribution >= 4 is 28.9 Å². The summed E-state index contributed by atoms with van der Waals surface area (Å²) in [5.41, 5.74) is 0.802. The Morgan fingerprint density at radius 2 is 2.15 bits per heavy atom. The van der Waals surface area contributed by atoms with Gasteiger partial charge in [-0.05, 0) is 58.6 Å². The average Bonchev–Trinajstić information content (AvgIpc) is 3.24. The third-order valence-corrected chi connectivity index (χ3v) is 6.53. The molecule has 0 saturated heterocycles. The highest BCUT2D eigenvalue weighted by atomic mass is 16.5. The van der Waals surface area contributed by atoms with Crippen LogP contribution in [0, 0.1) is 0 Å². The zero-order valence-electron chi connectivity index (χ0n) is 20.4. The quantitative estimate of drug-likeness (QED) is 0.488. The highest BCUT2D eigenvalue weighted by Gasteiger charge is 2.33. The first-order valence-electron chi connectivity index (χ1n) is 11.7. The van der Waals surface area contributed by atoms with Crippen LogP contribution in [0.25, 0.3) is 5.65 Å². The summed E-state index contributed by atoms with van der Waals surface area (Å²) in [4.78, 5) is 30.6. The molecule has 3 heterocycles. The van der Waals surface area contributed by atoms with Crippen molar-refractivity contribution in [3.63, 3.8) is 0 Å². The van der Waals surface area contributed by atoms with E-state index in [4.69, 9.17) is 4.74 Å². The zero-order valence-corrected chi connectivity index (χ0v) is 20.4. The average molecular weight is 468 g/mol. The third kappa shape index (κ3) is 4.63. The molecule has 1 saturated carbocycles. The van der Waals surface area contributed by atoms with Crippen LogP contribution >= 0.6 is 0 Å². The fourth-order valence-electron chi connectivity index (χ4n) is 4.53. The fourth-order valence-corrected chi connectivity index (χ4v) is 4.53. The fraction of sp³-hybridized carbons (Fsp3) is 0.500. The Labute approximate surface area is 198 Å². The Kier molecular flexibility index (Phi) is 6.60. The molecule has 3 aromatic rings. The van der Waals surface area contributed by atoms with Gasteiger partial charge in [-0.25, -0.2) is 4.98 Å². The van der Waals surface area contributed by atoms with Gasteiger partial charge < -0.3 is 25.3 Å². The molecular formula is C24H33N7O3. The largest absolute Gasteiger partial charge is 0.378 e. The molecule has 182 valence electrons. The van der Waals surface area contributed by atoms with Crippen molar-refractivity contribution in [1.29, 1.82) is 0 Å². The molecule has 4 rings (SSSR count). The molecule has 1 aliphatic rings. The van der Waals surface area contributed by atoms with Crippen molar-refractivity contribution in [3.8, 4) is 0 Å². The Bertz CT molecular complexity index is 1250. The second-order valence-corrected chi connectivity index (χ2v) is 9.34. The second kappa shape index (κ2) is 9.46. The summed E-state index contributed by atoms with van der Waals surface area (Å²) in [6.07, 6.45) is 6.91. The monoisotopic (exact) mass is 467 g/mol. The smallest absolute Gasteiger partial charge is 0.274 e. The molecule has 3 aromatic heterocycles. The third-order valence-electron chi connectivity index (χ3n) is 6.53. The number of fused-ring (bicyclic) bond motifs is 1. The molecule has 10 nitrogen and oxygen atoms in total. The number of hydrogen-bond donors (Lipinski definition) is 3. The van der Waals surface area contributed by atoms with Crippen LogP contribution in [0.4, 0.5) is 17.3 Å². The van der Waals surface area contributed by atoms with Gasteiger partial charge in [-0.3, -0.25) is 9.59 Å². The molecule has 2 atom stereocenters. The Morgan fingerprint density at radius 1 is 1.35 bits per heavy atom. The lowest BCUT2D eigenvalue weighted by molar-refractivity contribution is -0.0314. The van der Waals surface area contributed by atoms with Gasteiger partial charge >= 0.3 is 0 Å². The minimum absolute atomic E-state index is 0.0186. The number of aromatic nitrogens is 4. The minimum atomic E-state index is -0.232. The molecule has 0 bridgehead atoms. The normalized spacial score (nSPS) is 20.5. The van der Waals surface area contributed by atoms with Crippen LogP contribution in [0.15, 0.2) is 35.4 Å². The summed E-state index contributed by atoms with van der Waals surface area (Å²) in [6, 6.07) is 5.33. The van der Waals surface area contributed by atoms with E-state index in [9.17, 15) is 9.59 Å². The lowest BCUT2D eigenvalue weighted by atomic mass is 9.83. The van der Waals surface area contributed by atoms with Crippen LogP contribution in [0.3, 0.4) is 0 Å². The number of ether oxygens (including phenoxy) is 1. The molecule has 0 unspecified atom stereocenters. The summed E-state index contributed by atoms with van der Waals surface area (Å²) in [5, 5.41) is 13.7. The van der Waals surface area contributed by atoms with Crippen LogP contribution in [-0.2, 0) is 4.74 Å². The summed E-state index contributed by atoms with van der Waals surface area (Å²) in [6.45, 7) is 5.98. The molecule has 1 fully saturated rings. The van der Waals surface area contributed by atoms with Gasteiger partial charge in [0.2, 0.25) is 0 Å². The first-order chi connectivity index (χ1) is 16.2. The number of nitrogens with zero attached hydrogens (tertiary/aromatic N) is 4. The van der Waals surface area contributed by atoms with Gasteiger partial charge in [0.25, 0.3) is 11.5 Å². The highest BCUT2D eigenvalue weighted by molar-refractivity contribution is 6.00. The number of rotatable bonds is 7. The van der Waals surface area contributed by atoms with Crippen molar-refractivity contribution in [1.82, 2.24) is 24.5 Å². The molecule has 0 aliphatic heterocycles. The number of anilines is 3. The molecular weight excluding hydrogens is 434 g/mol. The summed E-state index contributed by atoms with van der Waals surface area (Å²) < 4.78 is 8.89. The predicted molar refractivity (Wildman–Crippen MR) is 132 cm³/mol. The zero-order chi connectivity index (χ0) is 24.5. The minimum Gasteiger partial charge on any atom is -0.378 e. The number of amides is 1. The van der Waals surface area contributed by atoms with Crippen LogP contribution in [0.5, 0.6) is 0 Å². The highest BCUT2D eigenvalue weighted by Crippen LogP contribution is 2.31. The maximum atomic E-state index is 13.2. The van der Waals surface area contributed by atoms with E-state index >= 15 is 0 Å². The summed E-state index contributed by atoms with van der Waals surface area (Å²) in [7, 11) is 3.48. The number of carbonyl (C=O) groups is 1. The van der Waals surface area contributed by atoms with E-state index in [0.717, 1.165) is 25.7 Å². The van der Waals surface area contributed by atoms with Gasteiger partial charge in [0.15, 0.2) is 5.65 Å². The predicted octanol–water partition coefficient (Wildman–Crippen LogP) is 3.33. The Morgan fingerprint density at radius 3 is 2.85 bits per heavy atom. The van der Waals surface area contributed by atoms with E-state index in [1.165, 1.54) is 6.20 Å². The van der Waals surface area contributed by atoms with Gasteiger partial charge in [-0.1, -0.05) is 0 Å². The van der Waals surface area contributed by atoms with Gasteiger partial charge in [0.05, 0.1) is 11.8 Å². The number of hydrogen-bond acceptors (Lipinski definition) is 7. The van der Waals surface area contributed by atoms with E-state index in [1.54, 1.807) is 41.6 Å². The van der Waals surface area contributed by atoms with Crippen LogP contribution in [0.2, 0.25) is 0 Å². The maximum absolute atomic E-state index is 13.2. The first-order valence-corrected chi connectivity index (χ1v) is 11.7. The van der Waals surface area contributed by atoms with Crippen LogP contribution < -0.4 is 21.5 Å². The van der Waals surface area contributed by atoms with E-state index in [0.29, 0.717) is 28.5 Å². The van der Waals surface area contributed by atoms with E-state index in [2.05, 4.69) is 33.0 Å². The molecule has 1 aliphatic carbocycles. The molecule has 10 heteroatoms. The first kappa shape index (κ1) is 23.7. The number of pyridine rings is 1. The number of methoxy groups -OCH3 is 1. The second-order valence-electron chi connectivity index (χ2n) is 9.34. The van der Waals surface area contributed by atoms with Gasteiger partial charge in [0.1, 0.15) is 22.9 Å². The van der Waals surface area contributed by atoms with Gasteiger partial charge in [-0.2, -0.15) is 9.61 Å². The molecule has 0 spiro atoms. The Balaban J connectivity index is 1.64. The van der Waals surface area contributed by atoms with Crippen molar-refractivity contribution in [3.05, 3.63) is 46.5 Å². The molecule has 0 aromatic carbocycles. The Hall–Kier alpha value is -3.40. The van der Waals surface area contributed by atoms with Crippen molar-refractivity contribution in [2.45, 2.75) is 64.1 Å². The topological polar surface area (TPSA) is 115 Å². The van der Waals surface area contributed by atoms with Gasteiger partial charge in [-0.15, -0.1) is 0 Å². The van der Waals surface area contributed by atoms with Crippen LogP contribution in [0.1, 0.15) is 62.9 Å². The van der Waals surface area contributed by atoms with Crippen molar-refractivity contribution in [2.24, 2.45) is 0 Å².